The van der Waals surface area contributed by atoms with E-state index in [0.717, 1.165) is 5.56 Å². The van der Waals surface area contributed by atoms with E-state index in [4.69, 9.17) is 16.3 Å². The summed E-state index contributed by atoms with van der Waals surface area (Å²) in [4.78, 5) is 31.8. The number of carbonyl (C=O) groups excluding carboxylic acids is 2. The van der Waals surface area contributed by atoms with Crippen molar-refractivity contribution < 1.29 is 19.4 Å². The number of aromatic nitrogens is 1. The van der Waals surface area contributed by atoms with Gasteiger partial charge in [-0.3, -0.25) is 19.5 Å². The average molecular weight is 449 g/mol. The van der Waals surface area contributed by atoms with E-state index in [1.54, 1.807) is 54.9 Å². The molecule has 1 amide bonds. The zero-order chi connectivity index (χ0) is 22.8. The van der Waals surface area contributed by atoms with E-state index < -0.39 is 17.7 Å². The quantitative estimate of drug-likeness (QED) is 0.335. The lowest BCUT2D eigenvalue weighted by Gasteiger charge is -2.25. The first-order chi connectivity index (χ1) is 15.4. The molecule has 162 valence electrons. The molecule has 32 heavy (non-hydrogen) atoms. The number of ketones is 1. The second-order valence-electron chi connectivity index (χ2n) is 7.37. The van der Waals surface area contributed by atoms with Crippen LogP contribution in [0, 0.1) is 6.92 Å². The number of nitrogens with zero attached hydrogens (tertiary/aromatic N) is 2. The molecule has 1 aromatic heterocycles. The first-order valence-corrected chi connectivity index (χ1v) is 10.5. The third kappa shape index (κ3) is 3.85. The normalized spacial score (nSPS) is 17.6. The van der Waals surface area contributed by atoms with Gasteiger partial charge in [-0.1, -0.05) is 35.4 Å². The van der Waals surface area contributed by atoms with Crippen LogP contribution >= 0.6 is 11.6 Å². The number of aliphatic hydroxyl groups is 1. The van der Waals surface area contributed by atoms with Crippen LogP contribution in [-0.2, 0) is 9.59 Å². The number of rotatable bonds is 5. The molecule has 0 radical (unpaired) electrons. The number of pyridine rings is 1. The van der Waals surface area contributed by atoms with E-state index in [-0.39, 0.29) is 21.9 Å². The SMILES string of the molecule is CCOc1ccc(Cl)c(/C(O)=C2\C(=O)C(=O)N(c3ccc(C)cc3)C2c2cccnc2)c1. The van der Waals surface area contributed by atoms with Gasteiger partial charge in [0.25, 0.3) is 11.7 Å². The van der Waals surface area contributed by atoms with Crippen molar-refractivity contribution in [3.8, 4) is 5.75 Å². The highest BCUT2D eigenvalue weighted by molar-refractivity contribution is 6.52. The van der Waals surface area contributed by atoms with Crippen molar-refractivity contribution in [3.63, 3.8) is 0 Å². The van der Waals surface area contributed by atoms with Crippen LogP contribution in [0.15, 0.2) is 72.6 Å². The summed E-state index contributed by atoms with van der Waals surface area (Å²) in [5, 5.41) is 11.5. The number of carbonyl (C=O) groups is 2. The van der Waals surface area contributed by atoms with Crippen LogP contribution in [-0.4, -0.2) is 28.4 Å². The summed E-state index contributed by atoms with van der Waals surface area (Å²) in [5.41, 5.74) is 2.31. The molecule has 4 rings (SSSR count). The molecule has 0 bridgehead atoms. The van der Waals surface area contributed by atoms with E-state index in [9.17, 15) is 14.7 Å². The maximum Gasteiger partial charge on any atom is 0.300 e. The zero-order valence-corrected chi connectivity index (χ0v) is 18.3. The topological polar surface area (TPSA) is 79.7 Å². The van der Waals surface area contributed by atoms with Gasteiger partial charge in [0.05, 0.1) is 23.2 Å². The minimum absolute atomic E-state index is 0.0564. The van der Waals surface area contributed by atoms with Crippen molar-refractivity contribution in [3.05, 3.63) is 94.3 Å². The van der Waals surface area contributed by atoms with Crippen LogP contribution in [0.5, 0.6) is 5.75 Å². The lowest BCUT2D eigenvalue weighted by atomic mass is 9.96. The number of aliphatic hydroxyl groups excluding tert-OH is 1. The minimum atomic E-state index is -0.863. The predicted molar refractivity (Wildman–Crippen MR) is 123 cm³/mol. The fourth-order valence-electron chi connectivity index (χ4n) is 3.74. The van der Waals surface area contributed by atoms with Gasteiger partial charge >= 0.3 is 0 Å². The largest absolute Gasteiger partial charge is 0.507 e. The monoisotopic (exact) mass is 448 g/mol. The van der Waals surface area contributed by atoms with E-state index >= 15 is 0 Å². The van der Waals surface area contributed by atoms with Crippen molar-refractivity contribution in [2.24, 2.45) is 0 Å². The molecule has 1 saturated heterocycles. The van der Waals surface area contributed by atoms with Gasteiger partial charge in [0.2, 0.25) is 0 Å². The highest BCUT2D eigenvalue weighted by Gasteiger charge is 2.47. The summed E-state index contributed by atoms with van der Waals surface area (Å²) < 4.78 is 5.51. The summed E-state index contributed by atoms with van der Waals surface area (Å²) in [6.07, 6.45) is 3.17. The molecule has 7 heteroatoms. The molecule has 2 heterocycles. The Morgan fingerprint density at radius 1 is 1.16 bits per heavy atom. The molecular formula is C25H21ClN2O4. The van der Waals surface area contributed by atoms with Crippen molar-refractivity contribution in [1.82, 2.24) is 4.98 Å². The van der Waals surface area contributed by atoms with Crippen LogP contribution in [0.4, 0.5) is 5.69 Å². The number of hydrogen-bond acceptors (Lipinski definition) is 5. The molecule has 1 aliphatic rings. The average Bonchev–Trinajstić information content (AvgIpc) is 3.06. The number of Topliss-reactive ketones (excluding diaryl/α,β-unsaturated/α-hetero) is 1. The molecule has 3 aromatic rings. The van der Waals surface area contributed by atoms with Crippen LogP contribution in [0.1, 0.15) is 29.7 Å². The van der Waals surface area contributed by atoms with Crippen LogP contribution in [0.25, 0.3) is 5.76 Å². The van der Waals surface area contributed by atoms with Gasteiger partial charge < -0.3 is 9.84 Å². The highest BCUT2D eigenvalue weighted by Crippen LogP contribution is 2.43. The Kier molecular flexibility index (Phi) is 5.97. The Morgan fingerprint density at radius 2 is 1.91 bits per heavy atom. The van der Waals surface area contributed by atoms with Crippen molar-refractivity contribution >= 4 is 34.7 Å². The number of hydrogen-bond donors (Lipinski definition) is 1. The number of halogens is 1. The second-order valence-corrected chi connectivity index (χ2v) is 7.77. The standard InChI is InChI=1S/C25H21ClN2O4/c1-3-32-18-10-11-20(26)19(13-18)23(29)21-22(16-5-4-12-27-14-16)28(25(31)24(21)30)17-8-6-15(2)7-9-17/h4-14,22,29H,3H2,1-2H3/b23-21+. The minimum Gasteiger partial charge on any atom is -0.507 e. The van der Waals surface area contributed by atoms with Crippen LogP contribution in [0.3, 0.4) is 0 Å². The lowest BCUT2D eigenvalue weighted by Crippen LogP contribution is -2.29. The molecule has 1 unspecified atom stereocenters. The first-order valence-electron chi connectivity index (χ1n) is 10.1. The number of anilines is 1. The fraction of sp³-hybridized carbons (Fsp3) is 0.160. The van der Waals surface area contributed by atoms with E-state index in [2.05, 4.69) is 4.98 Å². The summed E-state index contributed by atoms with van der Waals surface area (Å²) in [7, 11) is 0. The molecule has 1 aliphatic heterocycles. The molecule has 0 spiro atoms. The molecule has 1 atom stereocenters. The molecule has 2 aromatic carbocycles. The Hall–Kier alpha value is -3.64. The number of benzene rings is 2. The van der Waals surface area contributed by atoms with Crippen LogP contribution < -0.4 is 9.64 Å². The molecule has 1 fully saturated rings. The third-order valence-electron chi connectivity index (χ3n) is 5.26. The van der Waals surface area contributed by atoms with Gasteiger partial charge in [0, 0.05) is 23.6 Å². The predicted octanol–water partition coefficient (Wildman–Crippen LogP) is 5.07. The molecular weight excluding hydrogens is 428 g/mol. The van der Waals surface area contributed by atoms with Crippen molar-refractivity contribution in [2.75, 3.05) is 11.5 Å². The van der Waals surface area contributed by atoms with Gasteiger partial charge in [-0.15, -0.1) is 0 Å². The lowest BCUT2D eigenvalue weighted by molar-refractivity contribution is -0.132. The summed E-state index contributed by atoms with van der Waals surface area (Å²) in [5.74, 6) is -1.40. The summed E-state index contributed by atoms with van der Waals surface area (Å²) >= 11 is 6.35. The smallest absolute Gasteiger partial charge is 0.300 e. The molecule has 0 aliphatic carbocycles. The third-order valence-corrected chi connectivity index (χ3v) is 5.59. The number of aryl methyl sites for hydroxylation is 1. The Labute approximate surface area is 190 Å². The molecule has 6 nitrogen and oxygen atoms in total. The Morgan fingerprint density at radius 3 is 2.56 bits per heavy atom. The maximum absolute atomic E-state index is 13.2. The maximum atomic E-state index is 13.2. The van der Waals surface area contributed by atoms with Crippen LogP contribution in [0.2, 0.25) is 5.02 Å². The zero-order valence-electron chi connectivity index (χ0n) is 17.6. The number of amides is 1. The van der Waals surface area contributed by atoms with Crippen molar-refractivity contribution in [1.29, 1.82) is 0 Å². The summed E-state index contributed by atoms with van der Waals surface area (Å²) in [6, 6.07) is 14.7. The second kappa shape index (κ2) is 8.85. The highest BCUT2D eigenvalue weighted by atomic mass is 35.5. The van der Waals surface area contributed by atoms with Gasteiger partial charge in [0.15, 0.2) is 0 Å². The van der Waals surface area contributed by atoms with Gasteiger partial charge in [-0.25, -0.2) is 0 Å². The van der Waals surface area contributed by atoms with Gasteiger partial charge in [0.1, 0.15) is 11.5 Å². The van der Waals surface area contributed by atoms with E-state index in [0.29, 0.717) is 23.6 Å². The van der Waals surface area contributed by atoms with Gasteiger partial charge in [-0.2, -0.15) is 0 Å². The van der Waals surface area contributed by atoms with Gasteiger partial charge in [-0.05, 0) is 55.8 Å². The molecule has 0 saturated carbocycles. The van der Waals surface area contributed by atoms with E-state index in [1.165, 1.54) is 4.90 Å². The first kappa shape index (κ1) is 21.6. The van der Waals surface area contributed by atoms with Crippen molar-refractivity contribution in [2.45, 2.75) is 19.9 Å². The fourth-order valence-corrected chi connectivity index (χ4v) is 3.95. The van der Waals surface area contributed by atoms with E-state index in [1.807, 2.05) is 26.0 Å². The Bertz CT molecular complexity index is 1210. The number of ether oxygens (including phenoxy) is 1. The molecule has 1 N–H and O–H groups in total. The Balaban J connectivity index is 1.94. The summed E-state index contributed by atoms with van der Waals surface area (Å²) in [6.45, 7) is 4.20.